The van der Waals surface area contributed by atoms with Crippen LogP contribution in [0.3, 0.4) is 0 Å². The van der Waals surface area contributed by atoms with E-state index < -0.39 is 11.6 Å². The second kappa shape index (κ2) is 8.73. The van der Waals surface area contributed by atoms with Crippen LogP contribution in [0.25, 0.3) is 0 Å². The fourth-order valence-corrected chi connectivity index (χ4v) is 2.97. The second-order valence-electron chi connectivity index (χ2n) is 5.99. The summed E-state index contributed by atoms with van der Waals surface area (Å²) >= 11 is 6.14. The van der Waals surface area contributed by atoms with E-state index in [1.165, 1.54) is 11.0 Å². The number of anilines is 1. The molecule has 0 fully saturated rings. The Morgan fingerprint density at radius 2 is 1.81 bits per heavy atom. The lowest BCUT2D eigenvalue weighted by atomic mass is 10.1. The van der Waals surface area contributed by atoms with Crippen LogP contribution in [0.2, 0.25) is 5.02 Å². The largest absolute Gasteiger partial charge is 0.304 e. The molecule has 0 bridgehead atoms. The van der Waals surface area contributed by atoms with Crippen LogP contribution in [0, 0.1) is 11.6 Å². The number of amides is 1. The number of aromatic nitrogens is 1. The summed E-state index contributed by atoms with van der Waals surface area (Å²) in [5.41, 5.74) is 1.46. The lowest BCUT2D eigenvalue weighted by Gasteiger charge is -2.23. The average Bonchev–Trinajstić information content (AvgIpc) is 2.66. The number of hydrogen-bond donors (Lipinski definition) is 0. The van der Waals surface area contributed by atoms with Crippen molar-refractivity contribution in [3.63, 3.8) is 0 Å². The Bertz CT molecular complexity index is 934. The molecule has 1 amide bonds. The molecule has 0 saturated heterocycles. The third-order valence-electron chi connectivity index (χ3n) is 4.11. The number of benzene rings is 2. The highest BCUT2D eigenvalue weighted by Gasteiger charge is 2.20. The molecule has 27 heavy (non-hydrogen) atoms. The van der Waals surface area contributed by atoms with Gasteiger partial charge in [0.15, 0.2) is 0 Å². The van der Waals surface area contributed by atoms with Crippen LogP contribution in [0.15, 0.2) is 66.9 Å². The summed E-state index contributed by atoms with van der Waals surface area (Å²) < 4.78 is 27.6. The van der Waals surface area contributed by atoms with E-state index in [0.29, 0.717) is 17.1 Å². The standard InChI is InChI=1S/C21H17ClF2N2O/c22-18-7-2-1-5-15(18)8-11-21(27)26(14-17-6-3-4-12-25-17)20-10-9-16(23)13-19(20)24/h1-7,9-10,12-13H,8,11,14H2. The maximum atomic E-state index is 14.3. The lowest BCUT2D eigenvalue weighted by Crippen LogP contribution is -2.31. The van der Waals surface area contributed by atoms with Crippen molar-refractivity contribution in [2.24, 2.45) is 0 Å². The first-order valence-electron chi connectivity index (χ1n) is 8.43. The fourth-order valence-electron chi connectivity index (χ4n) is 2.74. The van der Waals surface area contributed by atoms with Gasteiger partial charge in [-0.25, -0.2) is 8.78 Å². The van der Waals surface area contributed by atoms with Crippen LogP contribution in [-0.2, 0) is 17.8 Å². The van der Waals surface area contributed by atoms with Crippen molar-refractivity contribution in [1.29, 1.82) is 0 Å². The normalized spacial score (nSPS) is 10.6. The Labute approximate surface area is 161 Å². The van der Waals surface area contributed by atoms with E-state index in [2.05, 4.69) is 4.98 Å². The van der Waals surface area contributed by atoms with Gasteiger partial charge >= 0.3 is 0 Å². The van der Waals surface area contributed by atoms with Gasteiger partial charge in [0.05, 0.1) is 17.9 Å². The van der Waals surface area contributed by atoms with Gasteiger partial charge in [-0.1, -0.05) is 35.9 Å². The minimum atomic E-state index is -0.794. The average molecular weight is 387 g/mol. The van der Waals surface area contributed by atoms with Gasteiger partial charge in [0.1, 0.15) is 11.6 Å². The van der Waals surface area contributed by atoms with Gasteiger partial charge in [-0.2, -0.15) is 0 Å². The molecule has 3 rings (SSSR count). The van der Waals surface area contributed by atoms with Crippen molar-refractivity contribution in [2.75, 3.05) is 4.90 Å². The maximum Gasteiger partial charge on any atom is 0.227 e. The topological polar surface area (TPSA) is 33.2 Å². The third-order valence-corrected chi connectivity index (χ3v) is 4.48. The summed E-state index contributed by atoms with van der Waals surface area (Å²) in [5.74, 6) is -1.79. The number of hydrogen-bond acceptors (Lipinski definition) is 2. The molecule has 3 nitrogen and oxygen atoms in total. The van der Waals surface area contributed by atoms with E-state index in [1.54, 1.807) is 30.5 Å². The quantitative estimate of drug-likeness (QED) is 0.585. The molecule has 138 valence electrons. The van der Waals surface area contributed by atoms with Crippen LogP contribution in [0.4, 0.5) is 14.5 Å². The van der Waals surface area contributed by atoms with Crippen LogP contribution < -0.4 is 4.90 Å². The molecule has 0 spiro atoms. The molecule has 0 saturated carbocycles. The van der Waals surface area contributed by atoms with Crippen LogP contribution in [-0.4, -0.2) is 10.9 Å². The van der Waals surface area contributed by atoms with Crippen molar-refractivity contribution in [3.8, 4) is 0 Å². The Kier molecular flexibility index (Phi) is 6.14. The van der Waals surface area contributed by atoms with Crippen molar-refractivity contribution in [2.45, 2.75) is 19.4 Å². The third kappa shape index (κ3) is 4.89. The number of carbonyl (C=O) groups excluding carboxylic acids is 1. The molecular weight excluding hydrogens is 370 g/mol. The molecule has 0 atom stereocenters. The molecule has 0 unspecified atom stereocenters. The fraction of sp³-hybridized carbons (Fsp3) is 0.143. The zero-order valence-electron chi connectivity index (χ0n) is 14.4. The minimum Gasteiger partial charge on any atom is -0.304 e. The minimum absolute atomic E-state index is 0.0196. The van der Waals surface area contributed by atoms with Crippen molar-refractivity contribution < 1.29 is 13.6 Å². The van der Waals surface area contributed by atoms with Gasteiger partial charge in [0, 0.05) is 23.7 Å². The summed E-state index contributed by atoms with van der Waals surface area (Å²) in [6, 6.07) is 15.7. The van der Waals surface area contributed by atoms with Crippen LogP contribution in [0.5, 0.6) is 0 Å². The molecule has 0 N–H and O–H groups in total. The van der Waals surface area contributed by atoms with Crippen LogP contribution in [0.1, 0.15) is 17.7 Å². The predicted octanol–water partition coefficient (Wildman–Crippen LogP) is 5.18. The second-order valence-corrected chi connectivity index (χ2v) is 6.40. The highest BCUT2D eigenvalue weighted by Crippen LogP contribution is 2.24. The van der Waals surface area contributed by atoms with Gasteiger partial charge < -0.3 is 4.90 Å². The van der Waals surface area contributed by atoms with Gasteiger partial charge in [0.25, 0.3) is 0 Å². The van der Waals surface area contributed by atoms with E-state index in [0.717, 1.165) is 17.7 Å². The van der Waals surface area contributed by atoms with Crippen molar-refractivity contribution in [1.82, 2.24) is 4.98 Å². The van der Waals surface area contributed by atoms with Crippen molar-refractivity contribution in [3.05, 3.63) is 94.8 Å². The predicted molar refractivity (Wildman–Crippen MR) is 102 cm³/mol. The van der Waals surface area contributed by atoms with Crippen molar-refractivity contribution >= 4 is 23.2 Å². The highest BCUT2D eigenvalue weighted by atomic mass is 35.5. The molecule has 0 aliphatic heterocycles. The van der Waals surface area contributed by atoms with Gasteiger partial charge in [-0.15, -0.1) is 0 Å². The Morgan fingerprint density at radius 3 is 2.52 bits per heavy atom. The molecule has 0 radical (unpaired) electrons. The Morgan fingerprint density at radius 1 is 1.04 bits per heavy atom. The molecule has 6 heteroatoms. The van der Waals surface area contributed by atoms with E-state index in [1.807, 2.05) is 18.2 Å². The summed E-state index contributed by atoms with van der Waals surface area (Å²) in [6.45, 7) is 0.0880. The van der Waals surface area contributed by atoms with Gasteiger partial charge in [-0.3, -0.25) is 9.78 Å². The van der Waals surface area contributed by atoms with Gasteiger partial charge in [-0.05, 0) is 42.3 Å². The van der Waals surface area contributed by atoms with E-state index >= 15 is 0 Å². The van der Waals surface area contributed by atoms with E-state index in [9.17, 15) is 13.6 Å². The number of pyridine rings is 1. The summed E-state index contributed by atoms with van der Waals surface area (Å²) in [7, 11) is 0. The molecule has 0 aliphatic rings. The number of carbonyl (C=O) groups is 1. The monoisotopic (exact) mass is 386 g/mol. The van der Waals surface area contributed by atoms with E-state index in [4.69, 9.17) is 11.6 Å². The summed E-state index contributed by atoms with van der Waals surface area (Å²) in [5, 5.41) is 0.578. The lowest BCUT2D eigenvalue weighted by molar-refractivity contribution is -0.118. The highest BCUT2D eigenvalue weighted by molar-refractivity contribution is 6.31. The smallest absolute Gasteiger partial charge is 0.227 e. The maximum absolute atomic E-state index is 14.3. The first-order valence-corrected chi connectivity index (χ1v) is 8.81. The number of rotatable bonds is 6. The van der Waals surface area contributed by atoms with Gasteiger partial charge in [0.2, 0.25) is 5.91 Å². The molecule has 1 aromatic heterocycles. The number of aryl methyl sites for hydroxylation is 1. The van der Waals surface area contributed by atoms with Crippen LogP contribution >= 0.6 is 11.6 Å². The molecule has 0 aliphatic carbocycles. The summed E-state index contributed by atoms with van der Waals surface area (Å²) in [6.07, 6.45) is 2.15. The zero-order chi connectivity index (χ0) is 19.2. The molecule has 1 heterocycles. The molecule has 3 aromatic rings. The molecular formula is C21H17ClF2N2O. The first-order chi connectivity index (χ1) is 13.0. The Balaban J connectivity index is 1.84. The first kappa shape index (κ1) is 19.0. The Hall–Kier alpha value is -2.79. The van der Waals surface area contributed by atoms with E-state index in [-0.39, 0.29) is 24.6 Å². The summed E-state index contributed by atoms with van der Waals surface area (Å²) in [4.78, 5) is 18.3. The number of nitrogens with zero attached hydrogens (tertiary/aromatic N) is 2. The SMILES string of the molecule is O=C(CCc1ccccc1Cl)N(Cc1ccccn1)c1ccc(F)cc1F. The number of halogens is 3. The zero-order valence-corrected chi connectivity index (χ0v) is 15.2. The molecule has 2 aromatic carbocycles.